The van der Waals surface area contributed by atoms with E-state index in [4.69, 9.17) is 9.47 Å². The van der Waals surface area contributed by atoms with E-state index in [-0.39, 0.29) is 6.29 Å². The van der Waals surface area contributed by atoms with Crippen LogP contribution in [0.1, 0.15) is 11.1 Å². The maximum absolute atomic E-state index is 5.26. The molecule has 1 heterocycles. The van der Waals surface area contributed by atoms with Gasteiger partial charge in [0.2, 0.25) is 0 Å². The molecule has 3 heteroatoms. The molecule has 0 N–H and O–H groups in total. The first kappa shape index (κ1) is 12.6. The van der Waals surface area contributed by atoms with Crippen LogP contribution in [0.25, 0.3) is 0 Å². The van der Waals surface area contributed by atoms with Crippen LogP contribution in [0.5, 0.6) is 0 Å². The van der Waals surface area contributed by atoms with Crippen LogP contribution >= 0.6 is 0 Å². The van der Waals surface area contributed by atoms with E-state index in [1.807, 2.05) is 0 Å². The standard InChI is InChI=1S/C14H21NO2/c1-16-14(17-2)11-15-9-7-12-5-3-4-6-13(12)8-10-15/h3-6,14H,7-11H2,1-2H3. The van der Waals surface area contributed by atoms with Gasteiger partial charge in [0.05, 0.1) is 0 Å². The van der Waals surface area contributed by atoms with Gasteiger partial charge < -0.3 is 9.47 Å². The second-order valence-electron chi connectivity index (χ2n) is 4.47. The summed E-state index contributed by atoms with van der Waals surface area (Å²) in [6.07, 6.45) is 2.13. The van der Waals surface area contributed by atoms with Crippen LogP contribution in [0.3, 0.4) is 0 Å². The van der Waals surface area contributed by atoms with Gasteiger partial charge in [0.25, 0.3) is 0 Å². The predicted molar refractivity (Wildman–Crippen MR) is 68.1 cm³/mol. The average molecular weight is 235 g/mol. The van der Waals surface area contributed by atoms with Crippen molar-refractivity contribution in [2.24, 2.45) is 0 Å². The lowest BCUT2D eigenvalue weighted by molar-refractivity contribution is -0.115. The van der Waals surface area contributed by atoms with E-state index in [0.717, 1.165) is 32.5 Å². The molecule has 0 saturated carbocycles. The molecule has 0 radical (unpaired) electrons. The normalized spacial score (nSPS) is 16.9. The number of fused-ring (bicyclic) bond motifs is 1. The first-order chi connectivity index (χ1) is 8.33. The van der Waals surface area contributed by atoms with Crippen LogP contribution in [0.4, 0.5) is 0 Å². The van der Waals surface area contributed by atoms with Crippen molar-refractivity contribution >= 4 is 0 Å². The van der Waals surface area contributed by atoms with E-state index >= 15 is 0 Å². The Morgan fingerprint density at radius 1 is 1.06 bits per heavy atom. The zero-order chi connectivity index (χ0) is 12.1. The maximum Gasteiger partial charge on any atom is 0.169 e. The number of methoxy groups -OCH3 is 2. The molecule has 94 valence electrons. The molecular weight excluding hydrogens is 214 g/mol. The predicted octanol–water partition coefficient (Wildman–Crippen LogP) is 1.71. The van der Waals surface area contributed by atoms with Gasteiger partial charge in [0.1, 0.15) is 0 Å². The van der Waals surface area contributed by atoms with Gasteiger partial charge >= 0.3 is 0 Å². The van der Waals surface area contributed by atoms with Crippen molar-refractivity contribution in [1.29, 1.82) is 0 Å². The Balaban J connectivity index is 1.95. The first-order valence-electron chi connectivity index (χ1n) is 6.18. The van der Waals surface area contributed by atoms with Crippen LogP contribution in [-0.4, -0.2) is 45.0 Å². The molecule has 0 bridgehead atoms. The van der Waals surface area contributed by atoms with E-state index in [2.05, 4.69) is 29.2 Å². The van der Waals surface area contributed by atoms with Crippen molar-refractivity contribution in [3.63, 3.8) is 0 Å². The van der Waals surface area contributed by atoms with Gasteiger partial charge in [-0.3, -0.25) is 4.90 Å². The fraction of sp³-hybridized carbons (Fsp3) is 0.571. The lowest BCUT2D eigenvalue weighted by atomic mass is 10.0. The van der Waals surface area contributed by atoms with Crippen molar-refractivity contribution in [2.45, 2.75) is 19.1 Å². The Kier molecular flexibility index (Phi) is 4.54. The summed E-state index contributed by atoms with van der Waals surface area (Å²) in [4.78, 5) is 2.41. The molecule has 1 aromatic carbocycles. The molecule has 1 aliphatic heterocycles. The summed E-state index contributed by atoms with van der Waals surface area (Å²) in [6.45, 7) is 3.02. The fourth-order valence-electron chi connectivity index (χ4n) is 2.35. The fourth-order valence-corrected chi connectivity index (χ4v) is 2.35. The third-order valence-electron chi connectivity index (χ3n) is 3.45. The van der Waals surface area contributed by atoms with Gasteiger partial charge in [-0.2, -0.15) is 0 Å². The average Bonchev–Trinajstić information content (AvgIpc) is 2.58. The summed E-state index contributed by atoms with van der Waals surface area (Å²) >= 11 is 0. The second-order valence-corrected chi connectivity index (χ2v) is 4.47. The molecule has 0 saturated heterocycles. The quantitative estimate of drug-likeness (QED) is 0.742. The molecule has 1 aromatic rings. The van der Waals surface area contributed by atoms with Crippen molar-refractivity contribution < 1.29 is 9.47 Å². The molecule has 2 rings (SSSR count). The molecule has 0 atom stereocenters. The van der Waals surface area contributed by atoms with Crippen molar-refractivity contribution in [3.8, 4) is 0 Å². The topological polar surface area (TPSA) is 21.7 Å². The van der Waals surface area contributed by atoms with Gasteiger partial charge in [-0.15, -0.1) is 0 Å². The van der Waals surface area contributed by atoms with Crippen LogP contribution < -0.4 is 0 Å². The molecule has 3 nitrogen and oxygen atoms in total. The third kappa shape index (κ3) is 3.28. The monoisotopic (exact) mass is 235 g/mol. The molecule has 0 amide bonds. The summed E-state index contributed by atoms with van der Waals surface area (Å²) in [6, 6.07) is 8.73. The highest BCUT2D eigenvalue weighted by molar-refractivity contribution is 5.28. The number of benzene rings is 1. The highest BCUT2D eigenvalue weighted by atomic mass is 16.7. The smallest absolute Gasteiger partial charge is 0.169 e. The molecule has 0 aromatic heterocycles. The molecule has 0 fully saturated rings. The number of rotatable bonds is 4. The summed E-state index contributed by atoms with van der Waals surface area (Å²) in [7, 11) is 3.39. The Morgan fingerprint density at radius 3 is 2.06 bits per heavy atom. The van der Waals surface area contributed by atoms with Crippen molar-refractivity contribution in [1.82, 2.24) is 4.90 Å². The largest absolute Gasteiger partial charge is 0.355 e. The second kappa shape index (κ2) is 6.15. The zero-order valence-electron chi connectivity index (χ0n) is 10.7. The molecule has 0 aliphatic carbocycles. The molecular formula is C14H21NO2. The van der Waals surface area contributed by atoms with E-state index in [1.54, 1.807) is 14.2 Å². The SMILES string of the molecule is COC(CN1CCc2ccccc2CC1)OC. The summed E-state index contributed by atoms with van der Waals surface area (Å²) in [5.74, 6) is 0. The lowest BCUT2D eigenvalue weighted by Crippen LogP contribution is -2.36. The highest BCUT2D eigenvalue weighted by Gasteiger charge is 2.16. The minimum Gasteiger partial charge on any atom is -0.355 e. The first-order valence-corrected chi connectivity index (χ1v) is 6.18. The Hall–Kier alpha value is -0.900. The molecule has 0 spiro atoms. The van der Waals surface area contributed by atoms with E-state index < -0.39 is 0 Å². The summed E-state index contributed by atoms with van der Waals surface area (Å²) in [5.41, 5.74) is 2.97. The third-order valence-corrected chi connectivity index (χ3v) is 3.45. The van der Waals surface area contributed by atoms with Crippen LogP contribution in [-0.2, 0) is 22.3 Å². The van der Waals surface area contributed by atoms with E-state index in [0.29, 0.717) is 0 Å². The number of hydrogen-bond donors (Lipinski definition) is 0. The maximum atomic E-state index is 5.26. The van der Waals surface area contributed by atoms with Gasteiger partial charge in [0, 0.05) is 33.9 Å². The van der Waals surface area contributed by atoms with Crippen LogP contribution in [0.2, 0.25) is 0 Å². The van der Waals surface area contributed by atoms with Gasteiger partial charge in [-0.25, -0.2) is 0 Å². The number of ether oxygens (including phenoxy) is 2. The highest BCUT2D eigenvalue weighted by Crippen LogP contribution is 2.15. The minimum atomic E-state index is -0.115. The van der Waals surface area contributed by atoms with Gasteiger partial charge in [0.15, 0.2) is 6.29 Å². The summed E-state index contributed by atoms with van der Waals surface area (Å²) in [5, 5.41) is 0. The zero-order valence-corrected chi connectivity index (χ0v) is 10.7. The molecule has 0 unspecified atom stereocenters. The number of hydrogen-bond acceptors (Lipinski definition) is 3. The van der Waals surface area contributed by atoms with Crippen molar-refractivity contribution in [3.05, 3.63) is 35.4 Å². The van der Waals surface area contributed by atoms with E-state index in [1.165, 1.54) is 11.1 Å². The Labute approximate surface area is 103 Å². The summed E-state index contributed by atoms with van der Waals surface area (Å²) < 4.78 is 10.5. The van der Waals surface area contributed by atoms with Gasteiger partial charge in [-0.1, -0.05) is 24.3 Å². The van der Waals surface area contributed by atoms with Crippen LogP contribution in [0.15, 0.2) is 24.3 Å². The Bertz CT molecular complexity index is 323. The van der Waals surface area contributed by atoms with Crippen LogP contribution in [0, 0.1) is 0 Å². The molecule has 17 heavy (non-hydrogen) atoms. The number of nitrogens with zero attached hydrogens (tertiary/aromatic N) is 1. The lowest BCUT2D eigenvalue weighted by Gasteiger charge is -2.24. The van der Waals surface area contributed by atoms with Crippen molar-refractivity contribution in [2.75, 3.05) is 33.9 Å². The molecule has 1 aliphatic rings. The Morgan fingerprint density at radius 2 is 1.59 bits per heavy atom. The van der Waals surface area contributed by atoms with E-state index in [9.17, 15) is 0 Å². The van der Waals surface area contributed by atoms with Gasteiger partial charge in [-0.05, 0) is 24.0 Å². The minimum absolute atomic E-state index is 0.115.